The molecule has 0 fully saturated rings. The highest BCUT2D eigenvalue weighted by molar-refractivity contribution is 7.98. The summed E-state index contributed by atoms with van der Waals surface area (Å²) in [6.45, 7) is 4.48. The molecule has 4 heteroatoms. The molecular weight excluding hydrogens is 232 g/mol. The van der Waals surface area contributed by atoms with Crippen molar-refractivity contribution in [3.63, 3.8) is 0 Å². The third kappa shape index (κ3) is 4.79. The van der Waals surface area contributed by atoms with Gasteiger partial charge in [0, 0.05) is 11.3 Å². The summed E-state index contributed by atoms with van der Waals surface area (Å²) < 4.78 is 0. The van der Waals surface area contributed by atoms with Crippen LogP contribution in [0, 0.1) is 5.92 Å². The van der Waals surface area contributed by atoms with Gasteiger partial charge in [0.1, 0.15) is 0 Å². The summed E-state index contributed by atoms with van der Waals surface area (Å²) in [7, 11) is 0. The van der Waals surface area contributed by atoms with Crippen LogP contribution in [0.15, 0.2) is 24.3 Å². The Morgan fingerprint density at radius 3 is 2.59 bits per heavy atom. The van der Waals surface area contributed by atoms with Crippen molar-refractivity contribution in [3.05, 3.63) is 35.4 Å². The highest BCUT2D eigenvalue weighted by Crippen LogP contribution is 2.17. The van der Waals surface area contributed by atoms with Crippen LogP contribution >= 0.6 is 11.8 Å². The van der Waals surface area contributed by atoms with Crippen LogP contribution < -0.4 is 11.3 Å². The third-order valence-electron chi connectivity index (χ3n) is 2.72. The SMILES string of the molecule is CCC(C)CSCc1ccc(C(=O)NN)cc1. The quantitative estimate of drug-likeness (QED) is 0.465. The molecule has 1 rings (SSSR count). The van der Waals surface area contributed by atoms with E-state index in [4.69, 9.17) is 5.84 Å². The average Bonchev–Trinajstić information content (AvgIpc) is 2.38. The first-order chi connectivity index (χ1) is 8.17. The van der Waals surface area contributed by atoms with Crippen LogP contribution in [-0.4, -0.2) is 11.7 Å². The molecule has 3 N–H and O–H groups in total. The standard InChI is InChI=1S/C13H20N2OS/c1-3-10(2)8-17-9-11-4-6-12(7-5-11)13(16)15-14/h4-7,10H,3,8-9,14H2,1-2H3,(H,15,16). The Bertz CT molecular complexity index is 351. The number of hydrogen-bond donors (Lipinski definition) is 2. The fourth-order valence-electron chi connectivity index (χ4n) is 1.33. The van der Waals surface area contributed by atoms with Crippen LogP contribution in [0.5, 0.6) is 0 Å². The molecule has 0 aliphatic heterocycles. The zero-order valence-electron chi connectivity index (χ0n) is 10.4. The minimum Gasteiger partial charge on any atom is -0.290 e. The lowest BCUT2D eigenvalue weighted by Gasteiger charge is -2.08. The second-order valence-corrected chi connectivity index (χ2v) is 5.23. The molecule has 3 nitrogen and oxygen atoms in total. The van der Waals surface area contributed by atoms with E-state index in [0.717, 1.165) is 11.7 Å². The number of hydrogen-bond acceptors (Lipinski definition) is 3. The first-order valence-electron chi connectivity index (χ1n) is 5.85. The number of nitrogens with one attached hydrogen (secondary N) is 1. The largest absolute Gasteiger partial charge is 0.290 e. The van der Waals surface area contributed by atoms with E-state index in [0.29, 0.717) is 5.56 Å². The monoisotopic (exact) mass is 252 g/mol. The predicted octanol–water partition coefficient (Wildman–Crippen LogP) is 2.57. The Balaban J connectivity index is 2.43. The van der Waals surface area contributed by atoms with E-state index in [1.807, 2.05) is 23.9 Å². The number of rotatable bonds is 6. The molecule has 1 atom stereocenters. The molecule has 0 aromatic heterocycles. The van der Waals surface area contributed by atoms with Crippen LogP contribution in [0.3, 0.4) is 0 Å². The number of hydrazine groups is 1. The number of nitrogens with two attached hydrogens (primary N) is 1. The Morgan fingerprint density at radius 2 is 2.06 bits per heavy atom. The van der Waals surface area contributed by atoms with Gasteiger partial charge >= 0.3 is 0 Å². The summed E-state index contributed by atoms with van der Waals surface area (Å²) in [4.78, 5) is 11.2. The van der Waals surface area contributed by atoms with Crippen molar-refractivity contribution in [1.29, 1.82) is 0 Å². The van der Waals surface area contributed by atoms with E-state index in [1.165, 1.54) is 17.7 Å². The molecule has 1 amide bonds. The number of benzene rings is 1. The van der Waals surface area contributed by atoms with Gasteiger partial charge in [0.2, 0.25) is 0 Å². The van der Waals surface area contributed by atoms with Crippen molar-refractivity contribution < 1.29 is 4.79 Å². The normalized spacial score (nSPS) is 12.2. The first kappa shape index (κ1) is 14.1. The molecular formula is C13H20N2OS. The maximum atomic E-state index is 11.2. The second-order valence-electron chi connectivity index (χ2n) is 4.20. The summed E-state index contributed by atoms with van der Waals surface area (Å²) in [5.74, 6) is 7.76. The van der Waals surface area contributed by atoms with Gasteiger partial charge in [0.25, 0.3) is 5.91 Å². The zero-order valence-corrected chi connectivity index (χ0v) is 11.2. The van der Waals surface area contributed by atoms with Gasteiger partial charge in [0.15, 0.2) is 0 Å². The van der Waals surface area contributed by atoms with Gasteiger partial charge in [-0.1, -0.05) is 32.4 Å². The Hall–Kier alpha value is -1.00. The van der Waals surface area contributed by atoms with E-state index < -0.39 is 0 Å². The van der Waals surface area contributed by atoms with Crippen LogP contribution in [-0.2, 0) is 5.75 Å². The van der Waals surface area contributed by atoms with Crippen molar-refractivity contribution >= 4 is 17.7 Å². The molecule has 0 aliphatic rings. The highest BCUT2D eigenvalue weighted by Gasteiger charge is 2.03. The number of nitrogen functional groups attached to an aromatic ring is 1. The Kier molecular flexibility index (Phi) is 6.08. The van der Waals surface area contributed by atoms with Gasteiger partial charge in [-0.15, -0.1) is 0 Å². The lowest BCUT2D eigenvalue weighted by atomic mass is 10.1. The van der Waals surface area contributed by atoms with Gasteiger partial charge in [-0.05, 0) is 29.4 Å². The summed E-state index contributed by atoms with van der Waals surface area (Å²) in [5.41, 5.74) is 3.96. The lowest BCUT2D eigenvalue weighted by molar-refractivity contribution is 0.0953. The summed E-state index contributed by atoms with van der Waals surface area (Å²) >= 11 is 1.93. The highest BCUT2D eigenvalue weighted by atomic mass is 32.2. The molecule has 94 valence electrons. The molecule has 1 unspecified atom stereocenters. The average molecular weight is 252 g/mol. The molecule has 0 bridgehead atoms. The third-order valence-corrected chi connectivity index (χ3v) is 4.06. The van der Waals surface area contributed by atoms with E-state index in [-0.39, 0.29) is 5.91 Å². The van der Waals surface area contributed by atoms with E-state index in [1.54, 1.807) is 12.1 Å². The van der Waals surface area contributed by atoms with Crippen LogP contribution in [0.2, 0.25) is 0 Å². The van der Waals surface area contributed by atoms with Gasteiger partial charge in [0.05, 0.1) is 0 Å². The summed E-state index contributed by atoms with van der Waals surface area (Å²) in [6.07, 6.45) is 1.22. The Labute approximate surface area is 107 Å². The Morgan fingerprint density at radius 1 is 1.41 bits per heavy atom. The van der Waals surface area contributed by atoms with Crippen molar-refractivity contribution in [1.82, 2.24) is 5.43 Å². The van der Waals surface area contributed by atoms with Crippen molar-refractivity contribution in [2.24, 2.45) is 11.8 Å². The molecule has 0 saturated carbocycles. The smallest absolute Gasteiger partial charge is 0.265 e. The fourth-order valence-corrected chi connectivity index (χ4v) is 2.52. The lowest BCUT2D eigenvalue weighted by Crippen LogP contribution is -2.29. The van der Waals surface area contributed by atoms with Crippen molar-refractivity contribution in [2.75, 3.05) is 5.75 Å². The summed E-state index contributed by atoms with van der Waals surface area (Å²) in [6, 6.07) is 7.57. The number of carbonyl (C=O) groups is 1. The molecule has 1 aromatic carbocycles. The minimum atomic E-state index is -0.246. The molecule has 0 saturated heterocycles. The number of thioether (sulfide) groups is 1. The molecule has 0 heterocycles. The van der Waals surface area contributed by atoms with Crippen LogP contribution in [0.1, 0.15) is 36.2 Å². The van der Waals surface area contributed by atoms with Crippen LogP contribution in [0.25, 0.3) is 0 Å². The maximum absolute atomic E-state index is 11.2. The van der Waals surface area contributed by atoms with Gasteiger partial charge < -0.3 is 0 Å². The maximum Gasteiger partial charge on any atom is 0.265 e. The van der Waals surface area contributed by atoms with Crippen molar-refractivity contribution in [3.8, 4) is 0 Å². The summed E-state index contributed by atoms with van der Waals surface area (Å²) in [5, 5.41) is 0. The molecule has 0 spiro atoms. The molecule has 0 radical (unpaired) electrons. The van der Waals surface area contributed by atoms with Crippen molar-refractivity contribution in [2.45, 2.75) is 26.0 Å². The van der Waals surface area contributed by atoms with Gasteiger partial charge in [-0.25, -0.2) is 5.84 Å². The topological polar surface area (TPSA) is 55.1 Å². The minimum absolute atomic E-state index is 0.246. The van der Waals surface area contributed by atoms with Crippen LogP contribution in [0.4, 0.5) is 0 Å². The van der Waals surface area contributed by atoms with E-state index >= 15 is 0 Å². The molecule has 17 heavy (non-hydrogen) atoms. The number of carbonyl (C=O) groups excluding carboxylic acids is 1. The second kappa shape index (κ2) is 7.35. The number of amides is 1. The van der Waals surface area contributed by atoms with E-state index in [2.05, 4.69) is 19.3 Å². The van der Waals surface area contributed by atoms with Gasteiger partial charge in [-0.2, -0.15) is 11.8 Å². The van der Waals surface area contributed by atoms with E-state index in [9.17, 15) is 4.79 Å². The van der Waals surface area contributed by atoms with Gasteiger partial charge in [-0.3, -0.25) is 10.2 Å². The molecule has 1 aromatic rings. The molecule has 0 aliphatic carbocycles. The first-order valence-corrected chi connectivity index (χ1v) is 7.00. The fraction of sp³-hybridized carbons (Fsp3) is 0.462. The predicted molar refractivity (Wildman–Crippen MR) is 73.7 cm³/mol. The zero-order chi connectivity index (χ0) is 12.7.